The normalized spacial score (nSPS) is 29.4. The lowest BCUT2D eigenvalue weighted by molar-refractivity contribution is -0.0289. The highest BCUT2D eigenvalue weighted by molar-refractivity contribution is 4.95. The van der Waals surface area contributed by atoms with Gasteiger partial charge in [-0.05, 0) is 25.7 Å². The molecule has 0 aromatic rings. The Morgan fingerprint density at radius 3 is 2.38 bits per heavy atom. The molecule has 3 nitrogen and oxygen atoms in total. The predicted octanol–water partition coefficient (Wildman–Crippen LogP) is 2.12. The van der Waals surface area contributed by atoms with E-state index in [1.54, 1.807) is 0 Å². The topological polar surface area (TPSA) is 32.7 Å². The summed E-state index contributed by atoms with van der Waals surface area (Å²) in [6.07, 6.45) is 0. The van der Waals surface area contributed by atoms with Crippen molar-refractivity contribution in [2.45, 2.75) is 39.8 Å². The molecular formula is C10H20N2O. The van der Waals surface area contributed by atoms with E-state index in [4.69, 9.17) is 0 Å². The summed E-state index contributed by atoms with van der Waals surface area (Å²) in [5, 5.41) is 3.03. The minimum Gasteiger partial charge on any atom is -0.295 e. The molecule has 0 aromatic heterocycles. The van der Waals surface area contributed by atoms with Crippen LogP contribution in [0.15, 0.2) is 5.18 Å². The Morgan fingerprint density at radius 2 is 2.00 bits per heavy atom. The molecule has 0 aromatic carbocycles. The second-order valence-electron chi connectivity index (χ2n) is 4.58. The molecule has 1 aliphatic rings. The van der Waals surface area contributed by atoms with Crippen molar-refractivity contribution in [2.75, 3.05) is 13.1 Å². The maximum atomic E-state index is 10.3. The second-order valence-corrected chi connectivity index (χ2v) is 4.58. The van der Waals surface area contributed by atoms with E-state index in [-0.39, 0.29) is 0 Å². The fourth-order valence-corrected chi connectivity index (χ4v) is 2.17. The zero-order valence-corrected chi connectivity index (χ0v) is 9.03. The first-order valence-electron chi connectivity index (χ1n) is 5.12. The number of hydrogen-bond donors (Lipinski definition) is 0. The van der Waals surface area contributed by atoms with E-state index in [0.29, 0.717) is 30.5 Å². The molecule has 2 unspecified atom stereocenters. The van der Waals surface area contributed by atoms with E-state index in [1.165, 1.54) is 0 Å². The summed E-state index contributed by atoms with van der Waals surface area (Å²) in [4.78, 5) is 12.6. The van der Waals surface area contributed by atoms with Crippen molar-refractivity contribution >= 4 is 0 Å². The van der Waals surface area contributed by atoms with Crippen molar-refractivity contribution in [3.63, 3.8) is 0 Å². The van der Waals surface area contributed by atoms with E-state index < -0.39 is 0 Å². The van der Waals surface area contributed by atoms with Gasteiger partial charge < -0.3 is 0 Å². The Bertz CT molecular complexity index is 166. The van der Waals surface area contributed by atoms with Gasteiger partial charge in [-0.1, -0.05) is 19.0 Å². The summed E-state index contributed by atoms with van der Waals surface area (Å²) in [5.41, 5.74) is 0. The molecule has 0 saturated carbocycles. The molecule has 0 aliphatic carbocycles. The zero-order chi connectivity index (χ0) is 10.0. The van der Waals surface area contributed by atoms with Crippen LogP contribution in [0.1, 0.15) is 27.7 Å². The first-order chi connectivity index (χ1) is 6.07. The molecule has 76 valence electrons. The van der Waals surface area contributed by atoms with E-state index in [2.05, 4.69) is 37.8 Å². The van der Waals surface area contributed by atoms with Gasteiger partial charge in [-0.3, -0.25) is 4.90 Å². The molecule has 0 radical (unpaired) electrons. The van der Waals surface area contributed by atoms with Crippen LogP contribution in [0.2, 0.25) is 0 Å². The lowest BCUT2D eigenvalue weighted by Crippen LogP contribution is -2.61. The van der Waals surface area contributed by atoms with Crippen LogP contribution in [-0.2, 0) is 0 Å². The maximum Gasteiger partial charge on any atom is 0.0969 e. The number of rotatable bonds is 4. The van der Waals surface area contributed by atoms with Crippen molar-refractivity contribution in [2.24, 2.45) is 17.0 Å². The second kappa shape index (κ2) is 4.18. The molecule has 1 heterocycles. The van der Waals surface area contributed by atoms with Crippen LogP contribution in [0.25, 0.3) is 0 Å². The summed E-state index contributed by atoms with van der Waals surface area (Å²) in [6.45, 7) is 10.4. The summed E-state index contributed by atoms with van der Waals surface area (Å²) in [6, 6.07) is 0.944. The van der Waals surface area contributed by atoms with Gasteiger partial charge in [-0.25, -0.2) is 0 Å². The molecular weight excluding hydrogens is 164 g/mol. The fraction of sp³-hybridized carbons (Fsp3) is 1.00. The minimum absolute atomic E-state index is 0.400. The molecule has 0 amide bonds. The van der Waals surface area contributed by atoms with Gasteiger partial charge in [0.25, 0.3) is 0 Å². The molecule has 1 rings (SSSR count). The van der Waals surface area contributed by atoms with E-state index in [1.807, 2.05) is 0 Å². The van der Waals surface area contributed by atoms with Crippen LogP contribution < -0.4 is 0 Å². The zero-order valence-electron chi connectivity index (χ0n) is 9.03. The summed E-state index contributed by atoms with van der Waals surface area (Å²) < 4.78 is 0. The van der Waals surface area contributed by atoms with Crippen molar-refractivity contribution < 1.29 is 0 Å². The molecule has 0 bridgehead atoms. The average molecular weight is 184 g/mol. The molecule has 1 aliphatic heterocycles. The Labute approximate surface area is 80.5 Å². The first kappa shape index (κ1) is 10.6. The maximum absolute atomic E-state index is 10.3. The van der Waals surface area contributed by atoms with Gasteiger partial charge in [0.05, 0.1) is 6.54 Å². The van der Waals surface area contributed by atoms with Crippen LogP contribution >= 0.6 is 0 Å². The molecule has 0 N–H and O–H groups in total. The summed E-state index contributed by atoms with van der Waals surface area (Å²) in [7, 11) is 0. The highest BCUT2D eigenvalue weighted by atomic mass is 16.3. The molecule has 13 heavy (non-hydrogen) atoms. The summed E-state index contributed by atoms with van der Waals surface area (Å²) in [5.74, 6) is 1.34. The first-order valence-corrected chi connectivity index (χ1v) is 5.12. The van der Waals surface area contributed by atoms with Crippen LogP contribution in [0.4, 0.5) is 0 Å². The van der Waals surface area contributed by atoms with Crippen LogP contribution in [0.5, 0.6) is 0 Å². The highest BCUT2D eigenvalue weighted by Crippen LogP contribution is 2.32. The Hall–Kier alpha value is -0.440. The van der Waals surface area contributed by atoms with Gasteiger partial charge in [0.2, 0.25) is 0 Å². The smallest absolute Gasteiger partial charge is 0.0969 e. The van der Waals surface area contributed by atoms with Crippen LogP contribution in [0.3, 0.4) is 0 Å². The number of hydrogen-bond acceptors (Lipinski definition) is 3. The lowest BCUT2D eigenvalue weighted by Gasteiger charge is -2.51. The van der Waals surface area contributed by atoms with Crippen molar-refractivity contribution in [3.8, 4) is 0 Å². The third-order valence-electron chi connectivity index (χ3n) is 3.12. The van der Waals surface area contributed by atoms with Crippen molar-refractivity contribution in [1.29, 1.82) is 0 Å². The van der Waals surface area contributed by atoms with Gasteiger partial charge >= 0.3 is 0 Å². The number of nitrogens with zero attached hydrogens (tertiary/aromatic N) is 2. The standard InChI is InChI=1S/C10H20N2O/c1-7(2)9-6-12(8(3)4)10(9)5-11-13/h7-10H,5-6H2,1-4H3. The van der Waals surface area contributed by atoms with Gasteiger partial charge in [0.15, 0.2) is 0 Å². The molecule has 1 saturated heterocycles. The van der Waals surface area contributed by atoms with Crippen molar-refractivity contribution in [1.82, 2.24) is 4.90 Å². The molecule has 3 heteroatoms. The number of nitroso groups, excluding NO2 is 1. The lowest BCUT2D eigenvalue weighted by atomic mass is 9.79. The molecule has 1 fully saturated rings. The Morgan fingerprint density at radius 1 is 1.38 bits per heavy atom. The Balaban J connectivity index is 2.51. The van der Waals surface area contributed by atoms with E-state index in [9.17, 15) is 4.91 Å². The molecule has 0 spiro atoms. The number of likely N-dealkylation sites (tertiary alicyclic amines) is 1. The van der Waals surface area contributed by atoms with Crippen molar-refractivity contribution in [3.05, 3.63) is 4.91 Å². The van der Waals surface area contributed by atoms with Gasteiger partial charge in [0, 0.05) is 18.6 Å². The fourth-order valence-electron chi connectivity index (χ4n) is 2.17. The third kappa shape index (κ3) is 2.08. The van der Waals surface area contributed by atoms with Gasteiger partial charge in [0.1, 0.15) is 0 Å². The SMILES string of the molecule is CC(C)C1CN(C(C)C)C1CN=O. The van der Waals surface area contributed by atoms with Crippen LogP contribution in [-0.4, -0.2) is 30.1 Å². The predicted molar refractivity (Wildman–Crippen MR) is 54.6 cm³/mol. The monoisotopic (exact) mass is 184 g/mol. The largest absolute Gasteiger partial charge is 0.295 e. The highest BCUT2D eigenvalue weighted by Gasteiger charge is 2.41. The average Bonchev–Trinajstić information content (AvgIpc) is 1.96. The third-order valence-corrected chi connectivity index (χ3v) is 3.12. The quantitative estimate of drug-likeness (QED) is 0.627. The molecule has 2 atom stereocenters. The van der Waals surface area contributed by atoms with Crippen LogP contribution in [0, 0.1) is 16.7 Å². The van der Waals surface area contributed by atoms with E-state index >= 15 is 0 Å². The summed E-state index contributed by atoms with van der Waals surface area (Å²) >= 11 is 0. The van der Waals surface area contributed by atoms with Gasteiger partial charge in [-0.15, -0.1) is 0 Å². The van der Waals surface area contributed by atoms with E-state index in [0.717, 1.165) is 6.54 Å². The Kier molecular flexibility index (Phi) is 3.42. The minimum atomic E-state index is 0.400. The van der Waals surface area contributed by atoms with Gasteiger partial charge in [-0.2, -0.15) is 4.91 Å².